The number of rotatable bonds is 4. The molecule has 0 bridgehead atoms. The lowest BCUT2D eigenvalue weighted by Gasteiger charge is -2.29. The summed E-state index contributed by atoms with van der Waals surface area (Å²) in [6.45, 7) is 1.43. The maximum atomic E-state index is 12.9. The minimum absolute atomic E-state index is 0.133. The Kier molecular flexibility index (Phi) is 4.49. The third-order valence-corrected chi connectivity index (χ3v) is 4.56. The number of amides is 1. The van der Waals surface area contributed by atoms with E-state index in [0.717, 1.165) is 11.8 Å². The predicted molar refractivity (Wildman–Crippen MR) is 92.6 cm³/mol. The van der Waals surface area contributed by atoms with Gasteiger partial charge in [-0.25, -0.2) is 0 Å². The molecule has 5 heteroatoms. The van der Waals surface area contributed by atoms with Crippen molar-refractivity contribution in [1.82, 2.24) is 0 Å². The molecule has 1 amide bonds. The summed E-state index contributed by atoms with van der Waals surface area (Å²) in [4.78, 5) is 37.9. The summed E-state index contributed by atoms with van der Waals surface area (Å²) in [5.74, 6) is -0.811. The van der Waals surface area contributed by atoms with E-state index in [4.69, 9.17) is 11.6 Å². The molecule has 2 aromatic carbocycles. The van der Waals surface area contributed by atoms with Gasteiger partial charge in [0, 0.05) is 29.8 Å². The zero-order valence-corrected chi connectivity index (χ0v) is 13.9. The lowest BCUT2D eigenvalue weighted by Crippen LogP contribution is -2.43. The molecule has 0 N–H and O–H groups in total. The van der Waals surface area contributed by atoms with Gasteiger partial charge in [0.1, 0.15) is 12.3 Å². The van der Waals surface area contributed by atoms with E-state index in [1.165, 1.54) is 11.8 Å². The van der Waals surface area contributed by atoms with E-state index < -0.39 is 12.0 Å². The number of carbonyl (C=O) groups is 3. The highest BCUT2D eigenvalue weighted by atomic mass is 35.5. The molecule has 0 saturated heterocycles. The molecule has 122 valence electrons. The molecule has 1 aliphatic rings. The fourth-order valence-electron chi connectivity index (χ4n) is 3.33. The largest absolute Gasteiger partial charge is 0.303 e. The number of nitrogens with zero attached hydrogens (tertiary/aromatic N) is 1. The summed E-state index contributed by atoms with van der Waals surface area (Å²) in [5, 5.41) is 0.528. The number of hydrogen-bond acceptors (Lipinski definition) is 3. The van der Waals surface area contributed by atoms with Gasteiger partial charge in [-0.3, -0.25) is 9.59 Å². The molecule has 0 radical (unpaired) electrons. The smallest absolute Gasteiger partial charge is 0.224 e. The summed E-state index contributed by atoms with van der Waals surface area (Å²) < 4.78 is 0. The van der Waals surface area contributed by atoms with Gasteiger partial charge >= 0.3 is 0 Å². The van der Waals surface area contributed by atoms with Gasteiger partial charge in [-0.1, -0.05) is 35.9 Å². The van der Waals surface area contributed by atoms with Crippen molar-refractivity contribution in [3.63, 3.8) is 0 Å². The minimum Gasteiger partial charge on any atom is -0.303 e. The second-order valence-corrected chi connectivity index (χ2v) is 6.22. The molecule has 0 aliphatic carbocycles. The van der Waals surface area contributed by atoms with E-state index >= 15 is 0 Å². The van der Waals surface area contributed by atoms with Crippen molar-refractivity contribution in [2.45, 2.75) is 25.3 Å². The minimum atomic E-state index is -0.733. The normalized spacial score (nSPS) is 17.5. The number of benzene rings is 2. The van der Waals surface area contributed by atoms with Crippen LogP contribution in [0.3, 0.4) is 0 Å². The Labute approximate surface area is 145 Å². The quantitative estimate of drug-likeness (QED) is 0.798. The Morgan fingerprint density at radius 3 is 2.67 bits per heavy atom. The standard InChI is InChI=1S/C19H16ClNO3/c1-12(23)21-17-8-3-2-7-16(17)19(24)18(21)15(9-10-22)13-5-4-6-14(20)11-13/h2-8,10-11,15,18H,9H2,1H3/t15-,18+/m0/s1. The van der Waals surface area contributed by atoms with Gasteiger partial charge in [0.05, 0.1) is 5.69 Å². The van der Waals surface area contributed by atoms with E-state index in [9.17, 15) is 14.4 Å². The maximum Gasteiger partial charge on any atom is 0.224 e. The summed E-state index contributed by atoms with van der Waals surface area (Å²) in [7, 11) is 0. The van der Waals surface area contributed by atoms with Crippen molar-refractivity contribution in [2.75, 3.05) is 4.90 Å². The van der Waals surface area contributed by atoms with Crippen LogP contribution >= 0.6 is 11.6 Å². The molecule has 24 heavy (non-hydrogen) atoms. The first kappa shape index (κ1) is 16.4. The molecule has 3 rings (SSSR count). The summed E-state index contributed by atoms with van der Waals surface area (Å²) in [6, 6.07) is 13.4. The Hall–Kier alpha value is -2.46. The average Bonchev–Trinajstić information content (AvgIpc) is 2.86. The van der Waals surface area contributed by atoms with Crippen LogP contribution in [0.25, 0.3) is 0 Å². The van der Waals surface area contributed by atoms with Crippen LogP contribution in [0.5, 0.6) is 0 Å². The highest BCUT2D eigenvalue weighted by Crippen LogP contribution is 2.40. The van der Waals surface area contributed by atoms with Gasteiger partial charge in [-0.2, -0.15) is 0 Å². The number of aldehydes is 1. The fourth-order valence-corrected chi connectivity index (χ4v) is 3.53. The van der Waals surface area contributed by atoms with Crippen molar-refractivity contribution in [2.24, 2.45) is 0 Å². The number of halogens is 1. The fraction of sp³-hybridized carbons (Fsp3) is 0.211. The number of ketones is 1. The monoisotopic (exact) mass is 341 g/mol. The van der Waals surface area contributed by atoms with Gasteiger partial charge in [-0.15, -0.1) is 0 Å². The Morgan fingerprint density at radius 1 is 1.25 bits per heavy atom. The van der Waals surface area contributed by atoms with Crippen LogP contribution < -0.4 is 4.90 Å². The van der Waals surface area contributed by atoms with Crippen LogP contribution in [-0.2, 0) is 9.59 Å². The second kappa shape index (κ2) is 6.57. The summed E-state index contributed by atoms with van der Waals surface area (Å²) >= 11 is 6.07. The third kappa shape index (κ3) is 2.74. The second-order valence-electron chi connectivity index (χ2n) is 5.78. The van der Waals surface area contributed by atoms with Crippen molar-refractivity contribution in [1.29, 1.82) is 0 Å². The first-order chi connectivity index (χ1) is 11.5. The topological polar surface area (TPSA) is 54.5 Å². The lowest BCUT2D eigenvalue weighted by molar-refractivity contribution is -0.117. The maximum absolute atomic E-state index is 12.9. The van der Waals surface area contributed by atoms with Gasteiger partial charge < -0.3 is 9.69 Å². The Morgan fingerprint density at radius 2 is 2.00 bits per heavy atom. The first-order valence-corrected chi connectivity index (χ1v) is 8.04. The molecule has 2 atom stereocenters. The van der Waals surface area contributed by atoms with E-state index in [2.05, 4.69) is 0 Å². The number of para-hydroxylation sites is 1. The van der Waals surface area contributed by atoms with Crippen molar-refractivity contribution >= 4 is 35.3 Å². The molecule has 0 aromatic heterocycles. The Balaban J connectivity index is 2.12. The molecule has 0 unspecified atom stereocenters. The van der Waals surface area contributed by atoms with Crippen molar-refractivity contribution in [3.8, 4) is 0 Å². The first-order valence-electron chi connectivity index (χ1n) is 7.66. The molecule has 0 spiro atoms. The van der Waals surface area contributed by atoms with Crippen LogP contribution in [0.2, 0.25) is 5.02 Å². The summed E-state index contributed by atoms with van der Waals surface area (Å²) in [5.41, 5.74) is 1.88. The third-order valence-electron chi connectivity index (χ3n) is 4.32. The SMILES string of the molecule is CC(=O)N1c2ccccc2C(=O)[C@H]1[C@@H](CC=O)c1cccc(Cl)c1. The highest BCUT2D eigenvalue weighted by Gasteiger charge is 2.44. The molecule has 1 heterocycles. The molecule has 1 aliphatic heterocycles. The number of carbonyl (C=O) groups excluding carboxylic acids is 3. The van der Waals surface area contributed by atoms with E-state index in [-0.39, 0.29) is 18.1 Å². The van der Waals surface area contributed by atoms with Crippen molar-refractivity contribution in [3.05, 3.63) is 64.7 Å². The number of Topliss-reactive ketones (excluding diaryl/α,β-unsaturated/α-hetero) is 1. The van der Waals surface area contributed by atoms with E-state index in [1.54, 1.807) is 42.5 Å². The van der Waals surface area contributed by atoms with Gasteiger partial charge in [-0.05, 0) is 29.8 Å². The predicted octanol–water partition coefficient (Wildman–Crippen LogP) is 3.63. The summed E-state index contributed by atoms with van der Waals surface area (Å²) in [6.07, 6.45) is 0.911. The molecular formula is C19H16ClNO3. The van der Waals surface area contributed by atoms with Crippen LogP contribution in [0.1, 0.15) is 35.2 Å². The zero-order valence-electron chi connectivity index (χ0n) is 13.1. The lowest BCUT2D eigenvalue weighted by atomic mass is 9.86. The molecule has 0 fully saturated rings. The molecule has 0 saturated carbocycles. The average molecular weight is 342 g/mol. The van der Waals surface area contributed by atoms with Crippen LogP contribution in [0.4, 0.5) is 5.69 Å². The number of fused-ring (bicyclic) bond motifs is 1. The molecule has 4 nitrogen and oxygen atoms in total. The zero-order chi connectivity index (χ0) is 17.3. The number of anilines is 1. The van der Waals surface area contributed by atoms with Gasteiger partial charge in [0.15, 0.2) is 5.78 Å². The molecular weight excluding hydrogens is 326 g/mol. The van der Waals surface area contributed by atoms with Crippen molar-refractivity contribution < 1.29 is 14.4 Å². The van der Waals surface area contributed by atoms with Gasteiger partial charge in [0.2, 0.25) is 5.91 Å². The van der Waals surface area contributed by atoms with E-state index in [0.29, 0.717) is 16.3 Å². The van der Waals surface area contributed by atoms with Crippen LogP contribution in [0, 0.1) is 0 Å². The highest BCUT2D eigenvalue weighted by molar-refractivity contribution is 6.30. The Bertz CT molecular complexity index is 818. The van der Waals surface area contributed by atoms with E-state index in [1.807, 2.05) is 6.07 Å². The molecule has 2 aromatic rings. The van der Waals surface area contributed by atoms with Crippen LogP contribution in [0.15, 0.2) is 48.5 Å². The van der Waals surface area contributed by atoms with Gasteiger partial charge in [0.25, 0.3) is 0 Å². The number of hydrogen-bond donors (Lipinski definition) is 0. The van der Waals surface area contributed by atoms with Crippen LogP contribution in [-0.4, -0.2) is 24.0 Å².